The average Bonchev–Trinajstić information content (AvgIpc) is 2.96. The summed E-state index contributed by atoms with van der Waals surface area (Å²) in [6, 6.07) is 14.5. The molecule has 0 saturated heterocycles. The molecule has 0 aliphatic rings. The van der Waals surface area contributed by atoms with Crippen molar-refractivity contribution in [2.45, 2.75) is 15.8 Å². The standard InChI is InChI=1S/C15H14N2O2S3/c1-20-15-17-13-9-12(7-8-14(13)21-15)22(18,19)16-10-11-5-3-2-4-6-11/h2-9,16H,10H2,1H3. The van der Waals surface area contributed by atoms with E-state index in [9.17, 15) is 8.42 Å². The van der Waals surface area contributed by atoms with Gasteiger partial charge in [0.2, 0.25) is 10.0 Å². The number of hydrogen-bond acceptors (Lipinski definition) is 5. The third-order valence-corrected chi connectivity index (χ3v) is 6.55. The number of fused-ring (bicyclic) bond motifs is 1. The van der Waals surface area contributed by atoms with Crippen LogP contribution in [0.2, 0.25) is 0 Å². The van der Waals surface area contributed by atoms with E-state index in [0.717, 1.165) is 20.1 Å². The molecule has 22 heavy (non-hydrogen) atoms. The van der Waals surface area contributed by atoms with Crippen molar-refractivity contribution in [1.29, 1.82) is 0 Å². The van der Waals surface area contributed by atoms with Crippen LogP contribution >= 0.6 is 23.1 Å². The zero-order valence-corrected chi connectivity index (χ0v) is 14.3. The van der Waals surface area contributed by atoms with Crippen LogP contribution in [0.4, 0.5) is 0 Å². The van der Waals surface area contributed by atoms with Gasteiger partial charge in [-0.25, -0.2) is 18.1 Å². The van der Waals surface area contributed by atoms with Crippen molar-refractivity contribution in [1.82, 2.24) is 9.71 Å². The van der Waals surface area contributed by atoms with E-state index < -0.39 is 10.0 Å². The van der Waals surface area contributed by atoms with E-state index in [-0.39, 0.29) is 11.4 Å². The highest BCUT2D eigenvalue weighted by Crippen LogP contribution is 2.29. The molecular formula is C15H14N2O2S3. The van der Waals surface area contributed by atoms with Gasteiger partial charge in [-0.3, -0.25) is 0 Å². The van der Waals surface area contributed by atoms with Gasteiger partial charge in [0, 0.05) is 6.54 Å². The summed E-state index contributed by atoms with van der Waals surface area (Å²) in [4.78, 5) is 4.66. The van der Waals surface area contributed by atoms with Crippen LogP contribution in [-0.2, 0) is 16.6 Å². The van der Waals surface area contributed by atoms with E-state index >= 15 is 0 Å². The van der Waals surface area contributed by atoms with E-state index in [4.69, 9.17) is 0 Å². The van der Waals surface area contributed by atoms with E-state index in [1.165, 1.54) is 0 Å². The monoisotopic (exact) mass is 350 g/mol. The number of thioether (sulfide) groups is 1. The molecule has 3 rings (SSSR count). The summed E-state index contributed by atoms with van der Waals surface area (Å²) >= 11 is 3.12. The molecule has 1 aromatic heterocycles. The Hall–Kier alpha value is -1.41. The zero-order valence-electron chi connectivity index (χ0n) is 11.8. The fourth-order valence-corrected chi connectivity index (χ4v) is 4.51. The normalized spacial score (nSPS) is 11.9. The first-order valence-corrected chi connectivity index (χ1v) is 10.1. The highest BCUT2D eigenvalue weighted by molar-refractivity contribution is 8.00. The minimum absolute atomic E-state index is 0.244. The second-order valence-corrected chi connectivity index (χ2v) is 8.47. The van der Waals surface area contributed by atoms with Crippen LogP contribution in [-0.4, -0.2) is 19.7 Å². The predicted molar refractivity (Wildman–Crippen MR) is 91.9 cm³/mol. The van der Waals surface area contributed by atoms with Crippen molar-refractivity contribution < 1.29 is 8.42 Å². The number of benzene rings is 2. The Kier molecular flexibility index (Phi) is 4.49. The Bertz CT molecular complexity index is 890. The summed E-state index contributed by atoms with van der Waals surface area (Å²) in [6.45, 7) is 0.272. The zero-order chi connectivity index (χ0) is 15.6. The summed E-state index contributed by atoms with van der Waals surface area (Å²) in [5.74, 6) is 0. The van der Waals surface area contributed by atoms with Crippen molar-refractivity contribution in [2.75, 3.05) is 6.26 Å². The van der Waals surface area contributed by atoms with Gasteiger partial charge in [-0.15, -0.1) is 11.3 Å². The molecule has 0 aliphatic carbocycles. The predicted octanol–water partition coefficient (Wildman–Crippen LogP) is 3.50. The lowest BCUT2D eigenvalue weighted by molar-refractivity contribution is 0.581. The Morgan fingerprint density at radius 3 is 2.68 bits per heavy atom. The molecule has 0 bridgehead atoms. The quantitative estimate of drug-likeness (QED) is 0.716. The molecule has 1 heterocycles. The molecule has 3 aromatic rings. The number of hydrogen-bond donors (Lipinski definition) is 1. The minimum atomic E-state index is -3.54. The SMILES string of the molecule is CSc1nc2cc(S(=O)(=O)NCc3ccccc3)ccc2s1. The Morgan fingerprint density at radius 2 is 1.95 bits per heavy atom. The molecule has 0 amide bonds. The van der Waals surface area contributed by atoms with E-state index in [1.54, 1.807) is 35.2 Å². The summed E-state index contributed by atoms with van der Waals surface area (Å²) in [7, 11) is -3.54. The summed E-state index contributed by atoms with van der Waals surface area (Å²) in [5, 5.41) is 0. The molecular weight excluding hydrogens is 336 g/mol. The van der Waals surface area contributed by atoms with Gasteiger partial charge in [-0.2, -0.15) is 0 Å². The maximum atomic E-state index is 12.4. The molecule has 0 spiro atoms. The van der Waals surface area contributed by atoms with Crippen molar-refractivity contribution in [3.8, 4) is 0 Å². The molecule has 0 atom stereocenters. The molecule has 2 aromatic carbocycles. The number of thiazole rings is 1. The smallest absolute Gasteiger partial charge is 0.230 e. The summed E-state index contributed by atoms with van der Waals surface area (Å²) in [5.41, 5.74) is 1.64. The van der Waals surface area contributed by atoms with Crippen LogP contribution in [0, 0.1) is 0 Å². The lowest BCUT2D eigenvalue weighted by atomic mass is 10.2. The van der Waals surface area contributed by atoms with Gasteiger partial charge in [0.05, 0.1) is 15.1 Å². The Balaban J connectivity index is 1.85. The topological polar surface area (TPSA) is 59.1 Å². The number of nitrogens with zero attached hydrogens (tertiary/aromatic N) is 1. The van der Waals surface area contributed by atoms with Gasteiger partial charge >= 0.3 is 0 Å². The number of sulfonamides is 1. The van der Waals surface area contributed by atoms with Crippen LogP contribution in [0.15, 0.2) is 57.8 Å². The van der Waals surface area contributed by atoms with Crippen LogP contribution in [0.3, 0.4) is 0 Å². The Morgan fingerprint density at radius 1 is 1.18 bits per heavy atom. The van der Waals surface area contributed by atoms with Crippen LogP contribution < -0.4 is 4.72 Å². The largest absolute Gasteiger partial charge is 0.240 e. The molecule has 1 N–H and O–H groups in total. The van der Waals surface area contributed by atoms with E-state index in [2.05, 4.69) is 9.71 Å². The molecule has 0 radical (unpaired) electrons. The van der Waals surface area contributed by atoms with Crippen molar-refractivity contribution in [3.63, 3.8) is 0 Å². The fraction of sp³-hybridized carbons (Fsp3) is 0.133. The molecule has 0 aliphatic heterocycles. The van der Waals surface area contributed by atoms with Gasteiger partial charge in [0.15, 0.2) is 4.34 Å². The number of rotatable bonds is 5. The fourth-order valence-electron chi connectivity index (χ4n) is 2.00. The first-order valence-electron chi connectivity index (χ1n) is 6.57. The minimum Gasteiger partial charge on any atom is -0.230 e. The van der Waals surface area contributed by atoms with Crippen molar-refractivity contribution in [2.24, 2.45) is 0 Å². The van der Waals surface area contributed by atoms with Crippen LogP contribution in [0.1, 0.15) is 5.56 Å². The third kappa shape index (κ3) is 3.33. The molecule has 0 fully saturated rings. The third-order valence-electron chi connectivity index (χ3n) is 3.13. The van der Waals surface area contributed by atoms with E-state index in [0.29, 0.717) is 0 Å². The second-order valence-electron chi connectivity index (χ2n) is 4.62. The van der Waals surface area contributed by atoms with E-state index in [1.807, 2.05) is 42.7 Å². The molecule has 4 nitrogen and oxygen atoms in total. The average molecular weight is 350 g/mol. The highest BCUT2D eigenvalue weighted by atomic mass is 32.2. The number of aromatic nitrogens is 1. The molecule has 114 valence electrons. The molecule has 0 unspecified atom stereocenters. The first-order chi connectivity index (χ1) is 10.6. The van der Waals surface area contributed by atoms with Crippen molar-refractivity contribution >= 4 is 43.3 Å². The molecule has 7 heteroatoms. The van der Waals surface area contributed by atoms with Gasteiger partial charge in [0.25, 0.3) is 0 Å². The lowest BCUT2D eigenvalue weighted by Crippen LogP contribution is -2.23. The highest BCUT2D eigenvalue weighted by Gasteiger charge is 2.15. The van der Waals surface area contributed by atoms with Gasteiger partial charge in [-0.05, 0) is 30.0 Å². The summed E-state index contributed by atoms with van der Waals surface area (Å²) in [6.07, 6.45) is 1.96. The maximum Gasteiger partial charge on any atom is 0.240 e. The second kappa shape index (κ2) is 6.37. The van der Waals surface area contributed by atoms with Gasteiger partial charge in [0.1, 0.15) is 0 Å². The first kappa shape index (κ1) is 15.5. The van der Waals surface area contributed by atoms with Crippen LogP contribution in [0.5, 0.6) is 0 Å². The Labute approximate surface area is 137 Å². The molecule has 0 saturated carbocycles. The maximum absolute atomic E-state index is 12.4. The summed E-state index contributed by atoms with van der Waals surface area (Å²) < 4.78 is 29.3. The van der Waals surface area contributed by atoms with Crippen molar-refractivity contribution in [3.05, 3.63) is 54.1 Å². The van der Waals surface area contributed by atoms with Gasteiger partial charge in [-0.1, -0.05) is 42.1 Å². The lowest BCUT2D eigenvalue weighted by Gasteiger charge is -2.06. The van der Waals surface area contributed by atoms with Gasteiger partial charge < -0.3 is 0 Å². The van der Waals surface area contributed by atoms with Crippen LogP contribution in [0.25, 0.3) is 10.2 Å². The number of nitrogens with one attached hydrogen (secondary N) is 1.